The Morgan fingerprint density at radius 3 is 2.55 bits per heavy atom. The van der Waals surface area contributed by atoms with Gasteiger partial charge in [-0.15, -0.1) is 0 Å². The summed E-state index contributed by atoms with van der Waals surface area (Å²) in [6.07, 6.45) is 7.27. The van der Waals surface area contributed by atoms with Crippen LogP contribution in [-0.2, 0) is 25.5 Å². The molecular formula is C29H44N4O5. The number of ether oxygens (including phenoxy) is 2. The smallest absolute Gasteiger partial charge is 0.243 e. The molecule has 2 aliphatic heterocycles. The number of nitrogens with zero attached hydrogens (tertiary/aromatic N) is 1. The number of fused-ring (bicyclic) bond motifs is 2. The molecule has 4 rings (SSSR count). The van der Waals surface area contributed by atoms with E-state index in [0.29, 0.717) is 45.6 Å². The first-order valence-electron chi connectivity index (χ1n) is 14.4. The molecule has 3 N–H and O–H groups in total. The van der Waals surface area contributed by atoms with E-state index >= 15 is 0 Å². The molecule has 2 heterocycles. The van der Waals surface area contributed by atoms with Crippen LogP contribution in [0.5, 0.6) is 5.75 Å². The van der Waals surface area contributed by atoms with Crippen LogP contribution in [0.15, 0.2) is 24.3 Å². The van der Waals surface area contributed by atoms with Gasteiger partial charge in [0, 0.05) is 31.6 Å². The third-order valence-corrected chi connectivity index (χ3v) is 7.85. The number of carbonyl (C=O) groups is 3. The zero-order chi connectivity index (χ0) is 26.7. The van der Waals surface area contributed by atoms with Gasteiger partial charge in [-0.1, -0.05) is 31.9 Å². The number of hydrogen-bond donors (Lipinski definition) is 3. The van der Waals surface area contributed by atoms with E-state index < -0.39 is 12.1 Å². The highest BCUT2D eigenvalue weighted by Gasteiger charge is 2.30. The molecule has 9 heteroatoms. The molecule has 3 aliphatic rings. The fourth-order valence-electron chi connectivity index (χ4n) is 5.48. The number of benzene rings is 1. The predicted molar refractivity (Wildman–Crippen MR) is 145 cm³/mol. The Morgan fingerprint density at radius 1 is 1.00 bits per heavy atom. The second-order valence-corrected chi connectivity index (χ2v) is 11.0. The topological polar surface area (TPSA) is 109 Å². The lowest BCUT2D eigenvalue weighted by Crippen LogP contribution is -2.56. The molecule has 1 aromatic rings. The molecule has 38 heavy (non-hydrogen) atoms. The monoisotopic (exact) mass is 528 g/mol. The van der Waals surface area contributed by atoms with E-state index in [9.17, 15) is 14.4 Å². The molecule has 210 valence electrons. The normalized spacial score (nSPS) is 26.7. The first kappa shape index (κ1) is 28.4. The average molecular weight is 529 g/mol. The van der Waals surface area contributed by atoms with Crippen molar-refractivity contribution in [2.75, 3.05) is 39.5 Å². The summed E-state index contributed by atoms with van der Waals surface area (Å²) in [5.41, 5.74) is 1.02. The minimum atomic E-state index is -0.711. The highest BCUT2D eigenvalue weighted by molar-refractivity contribution is 5.92. The number of hydrogen-bond acceptors (Lipinski definition) is 6. The van der Waals surface area contributed by atoms with Gasteiger partial charge in [-0.05, 0) is 62.6 Å². The quantitative estimate of drug-likeness (QED) is 0.541. The van der Waals surface area contributed by atoms with Gasteiger partial charge in [0.2, 0.25) is 17.7 Å². The maximum atomic E-state index is 13.6. The molecule has 1 aromatic carbocycles. The van der Waals surface area contributed by atoms with Gasteiger partial charge < -0.3 is 25.4 Å². The Hall–Kier alpha value is -2.65. The van der Waals surface area contributed by atoms with Gasteiger partial charge in [-0.25, -0.2) is 0 Å². The second kappa shape index (κ2) is 14.5. The van der Waals surface area contributed by atoms with E-state index in [0.717, 1.165) is 62.9 Å². The molecule has 1 saturated heterocycles. The molecule has 3 amide bonds. The third-order valence-electron chi connectivity index (χ3n) is 7.85. The fourth-order valence-corrected chi connectivity index (χ4v) is 5.48. The minimum absolute atomic E-state index is 0.133. The predicted octanol–water partition coefficient (Wildman–Crippen LogP) is 2.18. The van der Waals surface area contributed by atoms with Gasteiger partial charge in [-0.3, -0.25) is 19.3 Å². The summed E-state index contributed by atoms with van der Waals surface area (Å²) in [5, 5.41) is 9.15. The van der Waals surface area contributed by atoms with Gasteiger partial charge in [0.25, 0.3) is 0 Å². The number of rotatable bonds is 5. The van der Waals surface area contributed by atoms with Gasteiger partial charge >= 0.3 is 0 Å². The molecule has 0 unspecified atom stereocenters. The van der Waals surface area contributed by atoms with Crippen molar-refractivity contribution in [3.05, 3.63) is 29.8 Å². The van der Waals surface area contributed by atoms with Crippen molar-refractivity contribution in [2.45, 2.75) is 82.8 Å². The van der Waals surface area contributed by atoms with Crippen LogP contribution in [0.3, 0.4) is 0 Å². The van der Waals surface area contributed by atoms with Crippen molar-refractivity contribution in [3.8, 4) is 5.75 Å². The van der Waals surface area contributed by atoms with Crippen LogP contribution in [0.4, 0.5) is 0 Å². The van der Waals surface area contributed by atoms with E-state index in [2.05, 4.69) is 20.9 Å². The first-order chi connectivity index (χ1) is 18.5. The Labute approximate surface area is 226 Å². The summed E-state index contributed by atoms with van der Waals surface area (Å²) >= 11 is 0. The molecule has 0 radical (unpaired) electrons. The summed E-state index contributed by atoms with van der Waals surface area (Å²) in [6, 6.07) is 6.67. The summed E-state index contributed by atoms with van der Waals surface area (Å²) in [6.45, 7) is 6.05. The molecule has 3 atom stereocenters. The van der Waals surface area contributed by atoms with Crippen molar-refractivity contribution in [2.24, 2.45) is 5.92 Å². The van der Waals surface area contributed by atoms with Crippen LogP contribution in [0.25, 0.3) is 0 Å². The highest BCUT2D eigenvalue weighted by atomic mass is 16.5. The Balaban J connectivity index is 1.49. The van der Waals surface area contributed by atoms with Crippen molar-refractivity contribution in [3.63, 3.8) is 0 Å². The molecular weight excluding hydrogens is 484 g/mol. The van der Waals surface area contributed by atoms with Gasteiger partial charge in [0.1, 0.15) is 17.8 Å². The lowest BCUT2D eigenvalue weighted by Gasteiger charge is -2.29. The van der Waals surface area contributed by atoms with E-state index in [1.165, 1.54) is 0 Å². The van der Waals surface area contributed by atoms with Crippen LogP contribution in [-0.4, -0.2) is 80.2 Å². The number of nitrogens with one attached hydrogen (secondary N) is 3. The summed E-state index contributed by atoms with van der Waals surface area (Å²) in [5.74, 6) is -0.132. The first-order valence-corrected chi connectivity index (χ1v) is 14.4. The van der Waals surface area contributed by atoms with Gasteiger partial charge in [0.05, 0.1) is 19.8 Å². The molecule has 9 nitrogen and oxygen atoms in total. The Kier molecular flexibility index (Phi) is 10.8. The van der Waals surface area contributed by atoms with Gasteiger partial charge in [0.15, 0.2) is 0 Å². The standard InChI is InChI=1S/C29H44N4O5/c1-21-19-22-7-6-10-24(20-22)38-16-5-4-11-25(28(35)30-23-8-2-3-9-23)32-29(36)26(31-27(21)34)12-13-33-14-17-37-18-15-33/h6-7,10,20-21,23,25-26H,2-5,8-9,11-19H2,1H3,(H,30,35)(H,31,34)(H,32,36)/t21-,25+,26+/m1/s1. The van der Waals surface area contributed by atoms with E-state index in [4.69, 9.17) is 9.47 Å². The van der Waals surface area contributed by atoms with Crippen LogP contribution in [0.2, 0.25) is 0 Å². The van der Waals surface area contributed by atoms with Crippen molar-refractivity contribution in [1.82, 2.24) is 20.9 Å². The third kappa shape index (κ3) is 8.70. The van der Waals surface area contributed by atoms with Crippen molar-refractivity contribution < 1.29 is 23.9 Å². The van der Waals surface area contributed by atoms with Crippen LogP contribution < -0.4 is 20.7 Å². The van der Waals surface area contributed by atoms with Crippen molar-refractivity contribution >= 4 is 17.7 Å². The lowest BCUT2D eigenvalue weighted by molar-refractivity contribution is -0.133. The molecule has 0 spiro atoms. The lowest BCUT2D eigenvalue weighted by atomic mass is 9.99. The summed E-state index contributed by atoms with van der Waals surface area (Å²) < 4.78 is 11.4. The molecule has 2 bridgehead atoms. The van der Waals surface area contributed by atoms with Crippen LogP contribution in [0, 0.1) is 5.92 Å². The summed E-state index contributed by atoms with van der Waals surface area (Å²) in [7, 11) is 0. The van der Waals surface area contributed by atoms with Crippen LogP contribution >= 0.6 is 0 Å². The Morgan fingerprint density at radius 2 is 1.76 bits per heavy atom. The zero-order valence-corrected chi connectivity index (χ0v) is 22.7. The summed E-state index contributed by atoms with van der Waals surface area (Å²) in [4.78, 5) is 42.2. The zero-order valence-electron chi connectivity index (χ0n) is 22.7. The second-order valence-electron chi connectivity index (χ2n) is 11.0. The van der Waals surface area contributed by atoms with E-state index in [-0.39, 0.29) is 29.7 Å². The highest BCUT2D eigenvalue weighted by Crippen LogP contribution is 2.19. The molecule has 1 saturated carbocycles. The van der Waals surface area contributed by atoms with Gasteiger partial charge in [-0.2, -0.15) is 0 Å². The SMILES string of the molecule is C[C@@H]1Cc2cccc(c2)OCCCC[C@@H](C(=O)NC2CCCC2)NC(=O)[C@H](CCN2CCOCC2)NC1=O. The minimum Gasteiger partial charge on any atom is -0.494 e. The number of amides is 3. The van der Waals surface area contributed by atoms with E-state index in [1.807, 2.05) is 31.2 Å². The average Bonchev–Trinajstić information content (AvgIpc) is 3.43. The number of morpholine rings is 1. The van der Waals surface area contributed by atoms with Crippen molar-refractivity contribution in [1.29, 1.82) is 0 Å². The fraction of sp³-hybridized carbons (Fsp3) is 0.690. The maximum absolute atomic E-state index is 13.6. The van der Waals surface area contributed by atoms with Crippen LogP contribution in [0.1, 0.15) is 63.9 Å². The maximum Gasteiger partial charge on any atom is 0.243 e. The Bertz CT molecular complexity index is 929. The molecule has 2 fully saturated rings. The number of carbonyl (C=O) groups excluding carboxylic acids is 3. The van der Waals surface area contributed by atoms with E-state index in [1.54, 1.807) is 0 Å². The largest absolute Gasteiger partial charge is 0.494 e. The molecule has 1 aliphatic carbocycles. The molecule has 0 aromatic heterocycles.